The number of thiophene rings is 1. The largest absolute Gasteiger partial charge is 0.391 e. The molecular weight excluding hydrogens is 303 g/mol. The second kappa shape index (κ2) is 5.08. The summed E-state index contributed by atoms with van der Waals surface area (Å²) in [6.07, 6.45) is 0.870. The van der Waals surface area contributed by atoms with Crippen molar-refractivity contribution >= 4 is 34.5 Å². The van der Waals surface area contributed by atoms with Gasteiger partial charge in [0.2, 0.25) is 0 Å². The van der Waals surface area contributed by atoms with Crippen LogP contribution in [0.4, 0.5) is 0 Å². The predicted octanol–water partition coefficient (Wildman–Crippen LogP) is 4.21. The SMILES string of the molecule is OCc1cc(C2(c3cccc(Cl)c3)CCO2)c(Cl)s1. The summed E-state index contributed by atoms with van der Waals surface area (Å²) in [7, 11) is 0. The molecule has 0 amide bonds. The van der Waals surface area contributed by atoms with Gasteiger partial charge in [-0.15, -0.1) is 11.3 Å². The number of hydrogen-bond acceptors (Lipinski definition) is 3. The van der Waals surface area contributed by atoms with Crippen LogP contribution in [-0.2, 0) is 16.9 Å². The van der Waals surface area contributed by atoms with Crippen molar-refractivity contribution in [1.82, 2.24) is 0 Å². The predicted molar refractivity (Wildman–Crippen MR) is 78.1 cm³/mol. The number of rotatable bonds is 3. The first kappa shape index (κ1) is 13.4. The van der Waals surface area contributed by atoms with Gasteiger partial charge in [0.1, 0.15) is 5.60 Å². The molecule has 0 bridgehead atoms. The number of aliphatic hydroxyl groups excluding tert-OH is 1. The first-order chi connectivity index (χ1) is 9.15. The van der Waals surface area contributed by atoms with E-state index in [-0.39, 0.29) is 6.61 Å². The lowest BCUT2D eigenvalue weighted by Crippen LogP contribution is -2.41. The van der Waals surface area contributed by atoms with Crippen LogP contribution in [0, 0.1) is 0 Å². The molecule has 3 rings (SSSR count). The quantitative estimate of drug-likeness (QED) is 0.919. The van der Waals surface area contributed by atoms with Crippen LogP contribution < -0.4 is 0 Å². The van der Waals surface area contributed by atoms with Gasteiger partial charge >= 0.3 is 0 Å². The minimum Gasteiger partial charge on any atom is -0.391 e. The average Bonchev–Trinajstić information content (AvgIpc) is 2.70. The van der Waals surface area contributed by atoms with E-state index in [2.05, 4.69) is 0 Å². The first-order valence-electron chi connectivity index (χ1n) is 5.95. The summed E-state index contributed by atoms with van der Waals surface area (Å²) >= 11 is 13.8. The highest BCUT2D eigenvalue weighted by Gasteiger charge is 2.44. The third-order valence-corrected chi connectivity index (χ3v) is 5.00. The van der Waals surface area contributed by atoms with Crippen LogP contribution in [0.15, 0.2) is 30.3 Å². The fraction of sp³-hybridized carbons (Fsp3) is 0.286. The summed E-state index contributed by atoms with van der Waals surface area (Å²) in [6, 6.07) is 9.58. The van der Waals surface area contributed by atoms with Gasteiger partial charge in [0, 0.05) is 21.9 Å². The van der Waals surface area contributed by atoms with E-state index in [1.54, 1.807) is 0 Å². The van der Waals surface area contributed by atoms with Crippen molar-refractivity contribution in [2.24, 2.45) is 0 Å². The van der Waals surface area contributed by atoms with Crippen molar-refractivity contribution < 1.29 is 9.84 Å². The van der Waals surface area contributed by atoms with Gasteiger partial charge in [-0.25, -0.2) is 0 Å². The third kappa shape index (κ3) is 2.20. The van der Waals surface area contributed by atoms with Crippen molar-refractivity contribution in [3.8, 4) is 0 Å². The summed E-state index contributed by atoms with van der Waals surface area (Å²) in [6.45, 7) is 0.698. The lowest BCUT2D eigenvalue weighted by Gasteiger charge is -2.42. The summed E-state index contributed by atoms with van der Waals surface area (Å²) in [4.78, 5) is 0.844. The molecule has 1 aromatic carbocycles. The molecule has 2 nitrogen and oxygen atoms in total. The van der Waals surface area contributed by atoms with Crippen LogP contribution in [0.1, 0.15) is 22.4 Å². The number of halogens is 2. The molecule has 0 radical (unpaired) electrons. The Balaban J connectivity index is 2.10. The lowest BCUT2D eigenvalue weighted by molar-refractivity contribution is -0.123. The Morgan fingerprint density at radius 2 is 2.11 bits per heavy atom. The van der Waals surface area contributed by atoms with E-state index < -0.39 is 5.60 Å². The molecule has 1 unspecified atom stereocenters. The van der Waals surface area contributed by atoms with Gasteiger partial charge in [-0.2, -0.15) is 0 Å². The van der Waals surface area contributed by atoms with E-state index in [4.69, 9.17) is 27.9 Å². The standard InChI is InChI=1S/C14H12Cl2O2S/c15-10-3-1-2-9(6-10)14(4-5-18-14)12-7-11(8-17)19-13(12)16/h1-3,6-7,17H,4-5,8H2. The van der Waals surface area contributed by atoms with Crippen molar-refractivity contribution in [3.63, 3.8) is 0 Å². The molecule has 0 saturated carbocycles. The van der Waals surface area contributed by atoms with E-state index in [1.807, 2.05) is 30.3 Å². The summed E-state index contributed by atoms with van der Waals surface area (Å²) < 4.78 is 6.54. The maximum atomic E-state index is 9.24. The molecule has 1 atom stereocenters. The van der Waals surface area contributed by atoms with Gasteiger partial charge < -0.3 is 9.84 Å². The van der Waals surface area contributed by atoms with E-state index in [1.165, 1.54) is 11.3 Å². The van der Waals surface area contributed by atoms with Gasteiger partial charge in [-0.3, -0.25) is 0 Å². The monoisotopic (exact) mass is 314 g/mol. The highest BCUT2D eigenvalue weighted by molar-refractivity contribution is 7.16. The van der Waals surface area contributed by atoms with Gasteiger partial charge in [0.25, 0.3) is 0 Å². The Hall–Kier alpha value is -0.580. The molecule has 1 aliphatic heterocycles. The second-order valence-electron chi connectivity index (χ2n) is 4.49. The molecule has 19 heavy (non-hydrogen) atoms. The summed E-state index contributed by atoms with van der Waals surface area (Å²) in [5.41, 5.74) is 1.43. The summed E-state index contributed by atoms with van der Waals surface area (Å²) in [5, 5.41) is 9.92. The molecule has 2 aromatic rings. The van der Waals surface area contributed by atoms with Gasteiger partial charge in [0.05, 0.1) is 17.6 Å². The molecule has 1 aromatic heterocycles. The Morgan fingerprint density at radius 1 is 1.32 bits per heavy atom. The Bertz CT molecular complexity index is 605. The van der Waals surface area contributed by atoms with E-state index >= 15 is 0 Å². The topological polar surface area (TPSA) is 29.5 Å². The van der Waals surface area contributed by atoms with Crippen LogP contribution >= 0.6 is 34.5 Å². The number of benzene rings is 1. The van der Waals surface area contributed by atoms with Crippen molar-refractivity contribution in [2.45, 2.75) is 18.6 Å². The molecule has 0 spiro atoms. The van der Waals surface area contributed by atoms with Crippen molar-refractivity contribution in [3.05, 3.63) is 55.7 Å². The maximum Gasteiger partial charge on any atom is 0.123 e. The first-order valence-corrected chi connectivity index (χ1v) is 7.52. The highest BCUT2D eigenvalue weighted by Crippen LogP contribution is 2.49. The normalized spacial score (nSPS) is 22.3. The molecule has 1 N–H and O–H groups in total. The Labute approximate surface area is 125 Å². The molecule has 2 heterocycles. The smallest absolute Gasteiger partial charge is 0.123 e. The molecule has 5 heteroatoms. The maximum absolute atomic E-state index is 9.24. The van der Waals surface area contributed by atoms with E-state index in [9.17, 15) is 5.11 Å². The molecule has 1 fully saturated rings. The second-order valence-corrected chi connectivity index (χ2v) is 6.67. The minimum atomic E-state index is -0.508. The zero-order chi connectivity index (χ0) is 13.5. The summed E-state index contributed by atoms with van der Waals surface area (Å²) in [5.74, 6) is 0. The zero-order valence-electron chi connectivity index (χ0n) is 10.0. The van der Waals surface area contributed by atoms with Gasteiger partial charge in [-0.05, 0) is 23.8 Å². The molecular formula is C14H12Cl2O2S. The fourth-order valence-electron chi connectivity index (χ4n) is 2.41. The van der Waals surface area contributed by atoms with Crippen LogP contribution in [0.25, 0.3) is 0 Å². The van der Waals surface area contributed by atoms with E-state index in [0.29, 0.717) is 16.0 Å². The number of ether oxygens (including phenoxy) is 1. The Kier molecular flexibility index (Phi) is 3.58. The van der Waals surface area contributed by atoms with Crippen molar-refractivity contribution in [1.29, 1.82) is 0 Å². The van der Waals surface area contributed by atoms with Crippen LogP contribution in [0.2, 0.25) is 9.36 Å². The molecule has 1 saturated heterocycles. The number of aliphatic hydroxyl groups is 1. The van der Waals surface area contributed by atoms with Crippen LogP contribution in [0.3, 0.4) is 0 Å². The van der Waals surface area contributed by atoms with Crippen molar-refractivity contribution in [2.75, 3.05) is 6.61 Å². The van der Waals surface area contributed by atoms with Gasteiger partial charge in [0.15, 0.2) is 0 Å². The van der Waals surface area contributed by atoms with E-state index in [0.717, 1.165) is 22.4 Å². The molecule has 1 aliphatic rings. The third-order valence-electron chi connectivity index (χ3n) is 3.42. The van der Waals surface area contributed by atoms with Crippen LogP contribution in [-0.4, -0.2) is 11.7 Å². The number of hydrogen-bond donors (Lipinski definition) is 1. The highest BCUT2D eigenvalue weighted by atomic mass is 35.5. The lowest BCUT2D eigenvalue weighted by atomic mass is 9.81. The molecule has 100 valence electrons. The minimum absolute atomic E-state index is 0.00396. The Morgan fingerprint density at radius 3 is 2.63 bits per heavy atom. The average molecular weight is 315 g/mol. The zero-order valence-corrected chi connectivity index (χ0v) is 12.4. The molecule has 0 aliphatic carbocycles. The van der Waals surface area contributed by atoms with Gasteiger partial charge in [-0.1, -0.05) is 35.3 Å². The van der Waals surface area contributed by atoms with Crippen LogP contribution in [0.5, 0.6) is 0 Å². The fourth-order valence-corrected chi connectivity index (χ4v) is 3.91.